The van der Waals surface area contributed by atoms with Crippen molar-refractivity contribution in [3.8, 4) is 5.75 Å². The lowest BCUT2D eigenvalue weighted by atomic mass is 10.3. The fourth-order valence-corrected chi connectivity index (χ4v) is 2.26. The van der Waals surface area contributed by atoms with Gasteiger partial charge in [-0.1, -0.05) is 0 Å². The summed E-state index contributed by atoms with van der Waals surface area (Å²) < 4.78 is 15.8. The third-order valence-electron chi connectivity index (χ3n) is 3.48. The second-order valence-corrected chi connectivity index (χ2v) is 5.17. The van der Waals surface area contributed by atoms with Crippen LogP contribution in [0.5, 0.6) is 5.75 Å². The topological polar surface area (TPSA) is 67.8 Å². The summed E-state index contributed by atoms with van der Waals surface area (Å²) in [5.74, 6) is 2.13. The van der Waals surface area contributed by atoms with Crippen molar-refractivity contribution in [1.29, 1.82) is 0 Å². The van der Waals surface area contributed by atoms with Crippen LogP contribution in [0.2, 0.25) is 0 Å². The zero-order valence-corrected chi connectivity index (χ0v) is 13.3. The van der Waals surface area contributed by atoms with E-state index < -0.39 is 0 Å². The molecule has 3 rings (SSSR count). The molecule has 0 saturated carbocycles. The number of nitrogens with one attached hydrogen (secondary N) is 1. The van der Waals surface area contributed by atoms with Gasteiger partial charge in [-0.3, -0.25) is 0 Å². The van der Waals surface area contributed by atoms with E-state index in [4.69, 9.17) is 13.6 Å². The molecule has 1 aromatic carbocycles. The van der Waals surface area contributed by atoms with E-state index in [9.17, 15) is 4.79 Å². The molecular formula is C18H18N2O4. The molecule has 0 aliphatic rings. The van der Waals surface area contributed by atoms with E-state index in [1.807, 2.05) is 12.1 Å². The number of hydrogen-bond acceptors (Lipinski definition) is 4. The summed E-state index contributed by atoms with van der Waals surface area (Å²) >= 11 is 0. The highest BCUT2D eigenvalue weighted by Gasteiger charge is 2.17. The number of carbonyl (C=O) groups is 1. The van der Waals surface area contributed by atoms with Gasteiger partial charge in [-0.25, -0.2) is 4.79 Å². The van der Waals surface area contributed by atoms with E-state index in [2.05, 4.69) is 5.32 Å². The minimum atomic E-state index is -0.243. The Morgan fingerprint density at radius 3 is 2.04 bits per heavy atom. The molecule has 0 aliphatic heterocycles. The van der Waals surface area contributed by atoms with Gasteiger partial charge in [0.25, 0.3) is 0 Å². The molecule has 2 aromatic heterocycles. The molecule has 2 amide bonds. The molecule has 6 heteroatoms. The summed E-state index contributed by atoms with van der Waals surface area (Å²) in [4.78, 5) is 14.2. The van der Waals surface area contributed by atoms with Crippen LogP contribution < -0.4 is 10.1 Å². The summed E-state index contributed by atoms with van der Waals surface area (Å²) in [5.41, 5.74) is 0.685. The molecular weight excluding hydrogens is 308 g/mol. The Balaban J connectivity index is 1.71. The van der Waals surface area contributed by atoms with E-state index in [0.29, 0.717) is 30.3 Å². The van der Waals surface area contributed by atoms with E-state index in [1.54, 1.807) is 60.9 Å². The number of amides is 2. The first-order chi connectivity index (χ1) is 11.7. The largest absolute Gasteiger partial charge is 0.497 e. The van der Waals surface area contributed by atoms with Gasteiger partial charge in [-0.2, -0.15) is 0 Å². The van der Waals surface area contributed by atoms with E-state index in [1.165, 1.54) is 0 Å². The summed E-state index contributed by atoms with van der Waals surface area (Å²) in [5, 5.41) is 2.87. The van der Waals surface area contributed by atoms with E-state index in [-0.39, 0.29) is 6.03 Å². The quantitative estimate of drug-likeness (QED) is 0.740. The van der Waals surface area contributed by atoms with Gasteiger partial charge in [-0.05, 0) is 48.5 Å². The van der Waals surface area contributed by atoms with Gasteiger partial charge in [0.15, 0.2) is 0 Å². The standard InChI is InChI=1S/C18H18N2O4/c1-22-15-8-6-14(7-9-15)19-18(21)20(12-16-4-2-10-23-16)13-17-5-3-11-24-17/h2-11H,12-13H2,1H3,(H,19,21). The Labute approximate surface area is 139 Å². The van der Waals surface area contributed by atoms with Crippen LogP contribution in [-0.2, 0) is 13.1 Å². The third kappa shape index (κ3) is 3.98. The lowest BCUT2D eigenvalue weighted by Crippen LogP contribution is -2.33. The van der Waals surface area contributed by atoms with Crippen molar-refractivity contribution in [2.75, 3.05) is 12.4 Å². The van der Waals surface area contributed by atoms with Gasteiger partial charge in [0.1, 0.15) is 17.3 Å². The number of furan rings is 2. The van der Waals surface area contributed by atoms with Crippen molar-refractivity contribution in [1.82, 2.24) is 4.90 Å². The van der Waals surface area contributed by atoms with Crippen LogP contribution in [0.4, 0.5) is 10.5 Å². The fourth-order valence-electron chi connectivity index (χ4n) is 2.26. The average Bonchev–Trinajstić information content (AvgIpc) is 3.29. The molecule has 0 saturated heterocycles. The molecule has 0 fully saturated rings. The molecule has 2 heterocycles. The van der Waals surface area contributed by atoms with Crippen molar-refractivity contribution in [3.05, 3.63) is 72.6 Å². The van der Waals surface area contributed by atoms with Crippen molar-refractivity contribution in [2.45, 2.75) is 13.1 Å². The van der Waals surface area contributed by atoms with Crippen molar-refractivity contribution in [3.63, 3.8) is 0 Å². The van der Waals surface area contributed by atoms with Crippen LogP contribution >= 0.6 is 0 Å². The zero-order valence-electron chi connectivity index (χ0n) is 13.3. The van der Waals surface area contributed by atoms with Gasteiger partial charge in [0.2, 0.25) is 0 Å². The number of hydrogen-bond donors (Lipinski definition) is 1. The number of anilines is 1. The number of benzene rings is 1. The van der Waals surface area contributed by atoms with Crippen molar-refractivity contribution < 1.29 is 18.4 Å². The number of methoxy groups -OCH3 is 1. The predicted molar refractivity (Wildman–Crippen MR) is 88.7 cm³/mol. The van der Waals surface area contributed by atoms with Gasteiger partial charge in [0.05, 0.1) is 32.7 Å². The normalized spacial score (nSPS) is 10.4. The Bertz CT molecular complexity index is 713. The van der Waals surface area contributed by atoms with Gasteiger partial charge < -0.3 is 23.8 Å². The SMILES string of the molecule is COc1ccc(NC(=O)N(Cc2ccco2)Cc2ccco2)cc1. The third-order valence-corrected chi connectivity index (χ3v) is 3.48. The van der Waals surface area contributed by atoms with Gasteiger partial charge >= 0.3 is 6.03 Å². The summed E-state index contributed by atoms with van der Waals surface area (Å²) in [6.45, 7) is 0.686. The number of nitrogens with zero attached hydrogens (tertiary/aromatic N) is 1. The molecule has 124 valence electrons. The van der Waals surface area contributed by atoms with Crippen LogP contribution in [0.25, 0.3) is 0 Å². The van der Waals surface area contributed by atoms with Gasteiger partial charge in [-0.15, -0.1) is 0 Å². The molecule has 0 unspecified atom stereocenters. The van der Waals surface area contributed by atoms with Crippen LogP contribution in [0.1, 0.15) is 11.5 Å². The number of urea groups is 1. The Hall–Kier alpha value is -3.15. The van der Waals surface area contributed by atoms with E-state index in [0.717, 1.165) is 5.75 Å². The maximum Gasteiger partial charge on any atom is 0.322 e. The summed E-state index contributed by atoms with van der Waals surface area (Å²) in [6, 6.07) is 14.2. The average molecular weight is 326 g/mol. The Morgan fingerprint density at radius 1 is 1.00 bits per heavy atom. The minimum absolute atomic E-state index is 0.243. The van der Waals surface area contributed by atoms with Crippen molar-refractivity contribution >= 4 is 11.7 Å². The number of carbonyl (C=O) groups excluding carboxylic acids is 1. The second kappa shape index (κ2) is 7.41. The van der Waals surface area contributed by atoms with Crippen molar-refractivity contribution in [2.24, 2.45) is 0 Å². The smallest absolute Gasteiger partial charge is 0.322 e. The molecule has 0 bridgehead atoms. The first-order valence-electron chi connectivity index (χ1n) is 7.49. The highest BCUT2D eigenvalue weighted by Crippen LogP contribution is 2.17. The highest BCUT2D eigenvalue weighted by atomic mass is 16.5. The summed E-state index contributed by atoms with van der Waals surface area (Å²) in [6.07, 6.45) is 3.17. The monoisotopic (exact) mass is 326 g/mol. The van der Waals surface area contributed by atoms with Crippen LogP contribution in [0.3, 0.4) is 0 Å². The number of ether oxygens (including phenoxy) is 1. The first kappa shape index (κ1) is 15.7. The van der Waals surface area contributed by atoms with Crippen LogP contribution in [-0.4, -0.2) is 18.0 Å². The minimum Gasteiger partial charge on any atom is -0.497 e. The molecule has 0 aliphatic carbocycles. The second-order valence-electron chi connectivity index (χ2n) is 5.17. The molecule has 0 spiro atoms. The molecule has 0 radical (unpaired) electrons. The molecule has 0 atom stereocenters. The zero-order chi connectivity index (χ0) is 16.8. The molecule has 6 nitrogen and oxygen atoms in total. The van der Waals surface area contributed by atoms with Crippen LogP contribution in [0, 0.1) is 0 Å². The summed E-state index contributed by atoms with van der Waals surface area (Å²) in [7, 11) is 1.60. The Morgan fingerprint density at radius 2 is 1.58 bits per heavy atom. The Kier molecular flexibility index (Phi) is 4.86. The molecule has 24 heavy (non-hydrogen) atoms. The maximum absolute atomic E-state index is 12.6. The lowest BCUT2D eigenvalue weighted by Gasteiger charge is -2.21. The van der Waals surface area contributed by atoms with Crippen LogP contribution in [0.15, 0.2) is 69.9 Å². The maximum atomic E-state index is 12.6. The first-order valence-corrected chi connectivity index (χ1v) is 7.49. The highest BCUT2D eigenvalue weighted by molar-refractivity contribution is 5.89. The molecule has 1 N–H and O–H groups in total. The van der Waals surface area contributed by atoms with Gasteiger partial charge in [0, 0.05) is 5.69 Å². The van der Waals surface area contributed by atoms with E-state index >= 15 is 0 Å². The number of rotatable bonds is 6. The fraction of sp³-hybridized carbons (Fsp3) is 0.167. The lowest BCUT2D eigenvalue weighted by molar-refractivity contribution is 0.195. The molecule has 3 aromatic rings. The predicted octanol–water partition coefficient (Wildman–Crippen LogP) is 4.12.